The number of likely N-dealkylation sites (tertiary alicyclic amines) is 2. The van der Waals surface area contributed by atoms with Crippen LogP contribution in [0.15, 0.2) is 29.8 Å². The Hall–Kier alpha value is -1.82. The number of carbonyl (C=O) groups is 2. The van der Waals surface area contributed by atoms with Gasteiger partial charge >= 0.3 is 6.09 Å². The van der Waals surface area contributed by atoms with E-state index in [1.807, 2.05) is 29.2 Å². The first-order chi connectivity index (χ1) is 13.7. The zero-order chi connectivity index (χ0) is 21.2. The third kappa shape index (κ3) is 5.03. The monoisotopic (exact) mass is 462 g/mol. The van der Waals surface area contributed by atoms with Crippen LogP contribution in [0, 0.1) is 5.41 Å². The van der Waals surface area contributed by atoms with Crippen LogP contribution in [-0.2, 0) is 0 Å². The van der Waals surface area contributed by atoms with E-state index in [1.165, 1.54) is 12.0 Å². The number of benzene rings is 1. The highest BCUT2D eigenvalue weighted by Crippen LogP contribution is 2.39. The van der Waals surface area contributed by atoms with Crippen LogP contribution in [0.4, 0.5) is 4.79 Å². The molecule has 158 valence electrons. The molecule has 2 heterocycles. The third-order valence-corrected chi connectivity index (χ3v) is 7.07. The molecule has 5 nitrogen and oxygen atoms in total. The fourth-order valence-corrected chi connectivity index (χ4v) is 4.93. The van der Waals surface area contributed by atoms with Crippen molar-refractivity contribution in [2.24, 2.45) is 5.41 Å². The van der Waals surface area contributed by atoms with E-state index >= 15 is 0 Å². The molecule has 1 aromatic carbocycles. The Morgan fingerprint density at radius 1 is 1.00 bits per heavy atom. The molecule has 1 N–H and O–H groups in total. The van der Waals surface area contributed by atoms with Gasteiger partial charge in [-0.15, -0.1) is 0 Å². The van der Waals surface area contributed by atoms with Crippen LogP contribution in [0.5, 0.6) is 0 Å². The Balaban J connectivity index is 1.78. The van der Waals surface area contributed by atoms with Gasteiger partial charge in [0.1, 0.15) is 0 Å². The van der Waals surface area contributed by atoms with E-state index < -0.39 is 6.09 Å². The molecule has 2 fully saturated rings. The Bertz CT molecular complexity index is 789. The van der Waals surface area contributed by atoms with Crippen LogP contribution >= 0.6 is 15.9 Å². The summed E-state index contributed by atoms with van der Waals surface area (Å²) in [5.74, 6) is 0.114. The molecule has 1 unspecified atom stereocenters. The van der Waals surface area contributed by atoms with Crippen molar-refractivity contribution in [3.63, 3.8) is 0 Å². The van der Waals surface area contributed by atoms with Crippen molar-refractivity contribution in [1.82, 2.24) is 9.80 Å². The van der Waals surface area contributed by atoms with E-state index in [2.05, 4.69) is 36.7 Å². The van der Waals surface area contributed by atoms with Crippen molar-refractivity contribution in [3.8, 4) is 0 Å². The van der Waals surface area contributed by atoms with E-state index in [-0.39, 0.29) is 17.4 Å². The van der Waals surface area contributed by atoms with Crippen molar-refractivity contribution in [2.75, 3.05) is 19.6 Å². The molecule has 3 rings (SSSR count). The molecule has 0 aliphatic carbocycles. The number of halogens is 1. The lowest BCUT2D eigenvalue weighted by Crippen LogP contribution is -2.50. The van der Waals surface area contributed by atoms with Gasteiger partial charge in [-0.25, -0.2) is 4.79 Å². The molecule has 0 saturated carbocycles. The number of amides is 2. The van der Waals surface area contributed by atoms with E-state index in [9.17, 15) is 14.7 Å². The average molecular weight is 463 g/mol. The Kier molecular flexibility index (Phi) is 6.72. The van der Waals surface area contributed by atoms with Crippen molar-refractivity contribution >= 4 is 32.4 Å². The summed E-state index contributed by atoms with van der Waals surface area (Å²) in [7, 11) is 0. The zero-order valence-electron chi connectivity index (χ0n) is 17.6. The molecule has 1 atom stereocenters. The van der Waals surface area contributed by atoms with Gasteiger partial charge in [0, 0.05) is 35.7 Å². The summed E-state index contributed by atoms with van der Waals surface area (Å²) >= 11 is 3.76. The maximum absolute atomic E-state index is 12.7. The molecule has 2 aliphatic heterocycles. The van der Waals surface area contributed by atoms with Crippen LogP contribution in [-0.4, -0.2) is 52.6 Å². The topological polar surface area (TPSA) is 60.9 Å². The highest BCUT2D eigenvalue weighted by Gasteiger charge is 2.37. The number of rotatable bonds is 2. The second kappa shape index (κ2) is 8.90. The van der Waals surface area contributed by atoms with Gasteiger partial charge in [-0.1, -0.05) is 54.4 Å². The van der Waals surface area contributed by atoms with Crippen LogP contribution < -0.4 is 0 Å². The minimum atomic E-state index is -0.847. The first kappa shape index (κ1) is 21.9. The zero-order valence-corrected chi connectivity index (χ0v) is 19.2. The Labute approximate surface area is 181 Å². The fourth-order valence-electron chi connectivity index (χ4n) is 4.30. The predicted molar refractivity (Wildman–Crippen MR) is 119 cm³/mol. The van der Waals surface area contributed by atoms with Crippen molar-refractivity contribution in [3.05, 3.63) is 41.0 Å². The lowest BCUT2D eigenvalue weighted by Gasteiger charge is -2.43. The van der Waals surface area contributed by atoms with Crippen molar-refractivity contribution in [1.29, 1.82) is 0 Å². The van der Waals surface area contributed by atoms with Crippen LogP contribution in [0.25, 0.3) is 4.48 Å². The largest absolute Gasteiger partial charge is 0.465 e. The highest BCUT2D eigenvalue weighted by molar-refractivity contribution is 9.15. The second-order valence-corrected chi connectivity index (χ2v) is 9.95. The van der Waals surface area contributed by atoms with Gasteiger partial charge in [-0.3, -0.25) is 4.79 Å². The lowest BCUT2D eigenvalue weighted by molar-refractivity contribution is 0.0719. The Morgan fingerprint density at radius 3 is 2.14 bits per heavy atom. The van der Waals surface area contributed by atoms with Gasteiger partial charge in [0.25, 0.3) is 5.91 Å². The predicted octanol–water partition coefficient (Wildman–Crippen LogP) is 5.61. The highest BCUT2D eigenvalue weighted by atomic mass is 79.9. The summed E-state index contributed by atoms with van der Waals surface area (Å²) in [6.07, 6.45) is 3.96. The van der Waals surface area contributed by atoms with Gasteiger partial charge in [0.05, 0.1) is 0 Å². The van der Waals surface area contributed by atoms with E-state index in [1.54, 1.807) is 4.90 Å². The molecular weight excluding hydrogens is 432 g/mol. The van der Waals surface area contributed by atoms with Gasteiger partial charge in [-0.2, -0.15) is 0 Å². The molecule has 29 heavy (non-hydrogen) atoms. The van der Waals surface area contributed by atoms with Gasteiger partial charge in [0.2, 0.25) is 0 Å². The molecule has 0 radical (unpaired) electrons. The Morgan fingerprint density at radius 2 is 1.59 bits per heavy atom. The van der Waals surface area contributed by atoms with Crippen LogP contribution in [0.1, 0.15) is 68.8 Å². The minimum Gasteiger partial charge on any atom is -0.465 e. The van der Waals surface area contributed by atoms with E-state index in [0.717, 1.165) is 41.5 Å². The summed E-state index contributed by atoms with van der Waals surface area (Å²) in [5, 5.41) is 9.57. The first-order valence-electron chi connectivity index (χ1n) is 10.5. The van der Waals surface area contributed by atoms with Crippen LogP contribution in [0.2, 0.25) is 0 Å². The molecule has 2 saturated heterocycles. The first-order valence-corrected chi connectivity index (χ1v) is 11.2. The maximum atomic E-state index is 12.7. The summed E-state index contributed by atoms with van der Waals surface area (Å²) < 4.78 is 1.02. The molecule has 0 aromatic heterocycles. The van der Waals surface area contributed by atoms with E-state index in [4.69, 9.17) is 0 Å². The standard InChI is InChI=1S/C23H31BrN2O3/c1-23(2,3)19-15-18(11-14-26(19)22(28)29)20(24)16-7-9-17(10-8-16)21(27)25-12-5-4-6-13-25/h7-10,19H,4-6,11-15H2,1-3H3,(H,28,29)/b20-18+. The lowest BCUT2D eigenvalue weighted by atomic mass is 9.79. The number of hydrogen-bond donors (Lipinski definition) is 1. The van der Waals surface area contributed by atoms with Gasteiger partial charge in [-0.05, 0) is 55.2 Å². The van der Waals surface area contributed by atoms with Gasteiger partial charge in [0.15, 0.2) is 0 Å². The minimum absolute atomic E-state index is 0.0590. The number of hydrogen-bond acceptors (Lipinski definition) is 2. The smallest absolute Gasteiger partial charge is 0.407 e. The molecule has 6 heteroatoms. The van der Waals surface area contributed by atoms with Crippen LogP contribution in [0.3, 0.4) is 0 Å². The normalized spacial score (nSPS) is 22.4. The molecule has 2 aliphatic rings. The summed E-state index contributed by atoms with van der Waals surface area (Å²) in [4.78, 5) is 27.8. The maximum Gasteiger partial charge on any atom is 0.407 e. The summed E-state index contributed by atoms with van der Waals surface area (Å²) in [6, 6.07) is 7.73. The molecular formula is C23H31BrN2O3. The summed E-state index contributed by atoms with van der Waals surface area (Å²) in [6.45, 7) is 8.47. The summed E-state index contributed by atoms with van der Waals surface area (Å²) in [5.41, 5.74) is 2.86. The number of nitrogens with zero attached hydrogens (tertiary/aromatic N) is 2. The number of carbonyl (C=O) groups excluding carboxylic acids is 1. The molecule has 2 amide bonds. The number of piperidine rings is 2. The molecule has 1 aromatic rings. The van der Waals surface area contributed by atoms with E-state index in [0.29, 0.717) is 19.4 Å². The number of carboxylic acid groups (broad SMARTS) is 1. The fraction of sp³-hybridized carbons (Fsp3) is 0.565. The molecule has 0 spiro atoms. The quantitative estimate of drug-likeness (QED) is 0.621. The van der Waals surface area contributed by atoms with Crippen molar-refractivity contribution < 1.29 is 14.7 Å². The second-order valence-electron chi connectivity index (χ2n) is 9.16. The molecule has 0 bridgehead atoms. The third-order valence-electron chi connectivity index (χ3n) is 6.05. The van der Waals surface area contributed by atoms with Gasteiger partial charge < -0.3 is 14.9 Å². The SMILES string of the molecule is CC(C)(C)C1C/C(=C(/Br)c2ccc(C(=O)N3CCCCC3)cc2)CCN1C(=O)O. The average Bonchev–Trinajstić information content (AvgIpc) is 2.72. The van der Waals surface area contributed by atoms with Crippen molar-refractivity contribution in [2.45, 2.75) is 58.9 Å².